The summed E-state index contributed by atoms with van der Waals surface area (Å²) in [6.07, 6.45) is -4.48. The molecule has 0 saturated carbocycles. The van der Waals surface area contributed by atoms with E-state index in [4.69, 9.17) is 25.8 Å². The van der Waals surface area contributed by atoms with E-state index in [2.05, 4.69) is 10.2 Å². The monoisotopic (exact) mass is 444 g/mol. The van der Waals surface area contributed by atoms with Gasteiger partial charge in [-0.3, -0.25) is 4.90 Å². The van der Waals surface area contributed by atoms with Crippen LogP contribution in [0.3, 0.4) is 0 Å². The highest BCUT2D eigenvalue weighted by Crippen LogP contribution is 2.47. The molecule has 3 rings (SSSR count). The van der Waals surface area contributed by atoms with Crippen molar-refractivity contribution in [1.29, 1.82) is 0 Å². The van der Waals surface area contributed by atoms with Gasteiger partial charge in [-0.1, -0.05) is 11.6 Å². The average Bonchev–Trinajstić information content (AvgIpc) is 2.74. The van der Waals surface area contributed by atoms with Crippen LogP contribution in [0.5, 0.6) is 17.2 Å². The van der Waals surface area contributed by atoms with Crippen LogP contribution in [0.15, 0.2) is 30.3 Å². The van der Waals surface area contributed by atoms with Crippen molar-refractivity contribution in [3.05, 3.63) is 52.0 Å². The minimum Gasteiger partial charge on any atom is -0.493 e. The van der Waals surface area contributed by atoms with E-state index in [0.717, 1.165) is 12.1 Å². The number of benzene rings is 2. The van der Waals surface area contributed by atoms with Gasteiger partial charge in [0.25, 0.3) is 0 Å². The molecule has 1 heterocycles. The average molecular weight is 445 g/mol. The molecular formula is C21H24ClF3N2O3. The second-order valence-corrected chi connectivity index (χ2v) is 7.25. The molecule has 0 bridgehead atoms. The van der Waals surface area contributed by atoms with Crippen LogP contribution in [-0.4, -0.2) is 52.4 Å². The summed E-state index contributed by atoms with van der Waals surface area (Å²) in [5.74, 6) is 1.24. The molecule has 1 unspecified atom stereocenters. The van der Waals surface area contributed by atoms with Crippen molar-refractivity contribution in [3.8, 4) is 17.2 Å². The van der Waals surface area contributed by atoms with Gasteiger partial charge in [0.15, 0.2) is 11.5 Å². The number of alkyl halides is 3. The van der Waals surface area contributed by atoms with Gasteiger partial charge in [-0.15, -0.1) is 0 Å². The van der Waals surface area contributed by atoms with Gasteiger partial charge in [-0.2, -0.15) is 13.2 Å². The minimum absolute atomic E-state index is 0.253. The maximum Gasteiger partial charge on any atom is 0.416 e. The second kappa shape index (κ2) is 9.32. The molecular weight excluding hydrogens is 421 g/mol. The molecule has 5 nitrogen and oxygen atoms in total. The summed E-state index contributed by atoms with van der Waals surface area (Å²) in [4.78, 5) is 2.08. The maximum atomic E-state index is 13.4. The molecule has 2 aromatic rings. The molecule has 1 aliphatic rings. The molecule has 0 aromatic heterocycles. The maximum absolute atomic E-state index is 13.4. The predicted molar refractivity (Wildman–Crippen MR) is 109 cm³/mol. The van der Waals surface area contributed by atoms with Crippen LogP contribution in [0.2, 0.25) is 5.02 Å². The molecule has 1 N–H and O–H groups in total. The molecule has 30 heavy (non-hydrogen) atoms. The Labute approximate surface area is 178 Å². The third-order valence-corrected chi connectivity index (χ3v) is 5.51. The normalized spacial score (nSPS) is 16.2. The molecule has 164 valence electrons. The van der Waals surface area contributed by atoms with Crippen LogP contribution < -0.4 is 19.5 Å². The zero-order valence-corrected chi connectivity index (χ0v) is 17.7. The first kappa shape index (κ1) is 22.5. The third kappa shape index (κ3) is 4.45. The summed E-state index contributed by atoms with van der Waals surface area (Å²) in [6, 6.07) is 6.34. The lowest BCUT2D eigenvalue weighted by atomic mass is 9.93. The van der Waals surface area contributed by atoms with E-state index in [-0.39, 0.29) is 5.02 Å². The Morgan fingerprint density at radius 2 is 1.60 bits per heavy atom. The molecule has 1 atom stereocenters. The highest BCUT2D eigenvalue weighted by molar-refractivity contribution is 6.31. The summed E-state index contributed by atoms with van der Waals surface area (Å²) >= 11 is 6.43. The highest BCUT2D eigenvalue weighted by Gasteiger charge is 2.35. The number of ether oxygens (including phenoxy) is 3. The van der Waals surface area contributed by atoms with Gasteiger partial charge in [-0.05, 0) is 35.9 Å². The Hall–Kier alpha value is -2.16. The van der Waals surface area contributed by atoms with Crippen LogP contribution in [0.25, 0.3) is 0 Å². The number of piperazine rings is 1. The van der Waals surface area contributed by atoms with Gasteiger partial charge in [0.05, 0.1) is 32.9 Å². The van der Waals surface area contributed by atoms with Crippen molar-refractivity contribution in [2.45, 2.75) is 12.2 Å². The van der Waals surface area contributed by atoms with Crippen molar-refractivity contribution in [2.24, 2.45) is 0 Å². The zero-order valence-electron chi connectivity index (χ0n) is 17.0. The SMILES string of the molecule is COc1ccc(C(c2cc(C(F)(F)F)ccc2Cl)N2CCNCC2)c(OC)c1OC. The van der Waals surface area contributed by atoms with E-state index in [0.29, 0.717) is 54.6 Å². The summed E-state index contributed by atoms with van der Waals surface area (Å²) in [5.41, 5.74) is 0.263. The topological polar surface area (TPSA) is 43.0 Å². The number of nitrogens with zero attached hydrogens (tertiary/aromatic N) is 1. The fourth-order valence-corrected chi connectivity index (χ4v) is 3.99. The van der Waals surface area contributed by atoms with Gasteiger partial charge in [0.2, 0.25) is 5.75 Å². The molecule has 0 amide bonds. The molecule has 0 aliphatic carbocycles. The number of rotatable bonds is 6. The first-order chi connectivity index (χ1) is 14.3. The largest absolute Gasteiger partial charge is 0.493 e. The highest BCUT2D eigenvalue weighted by atomic mass is 35.5. The lowest BCUT2D eigenvalue weighted by Crippen LogP contribution is -2.45. The van der Waals surface area contributed by atoms with Crippen LogP contribution >= 0.6 is 11.6 Å². The van der Waals surface area contributed by atoms with Crippen molar-refractivity contribution < 1.29 is 27.4 Å². The number of methoxy groups -OCH3 is 3. The first-order valence-corrected chi connectivity index (χ1v) is 9.79. The Kier molecular flexibility index (Phi) is 7.00. The van der Waals surface area contributed by atoms with Gasteiger partial charge in [0, 0.05) is 36.8 Å². The molecule has 1 saturated heterocycles. The molecule has 9 heteroatoms. The predicted octanol–water partition coefficient (Wildman–Crippen LogP) is 4.38. The molecule has 0 spiro atoms. The van der Waals surface area contributed by atoms with Crippen molar-refractivity contribution in [2.75, 3.05) is 47.5 Å². The fraction of sp³-hybridized carbons (Fsp3) is 0.429. The number of hydrogen-bond acceptors (Lipinski definition) is 5. The van der Waals surface area contributed by atoms with E-state index in [1.54, 1.807) is 12.1 Å². The minimum atomic E-state index is -4.48. The van der Waals surface area contributed by atoms with Crippen LogP contribution in [0, 0.1) is 0 Å². The van der Waals surface area contributed by atoms with Gasteiger partial charge in [-0.25, -0.2) is 0 Å². The van der Waals surface area contributed by atoms with Crippen LogP contribution in [0.4, 0.5) is 13.2 Å². The Morgan fingerprint density at radius 3 is 2.17 bits per heavy atom. The van der Waals surface area contributed by atoms with E-state index in [1.165, 1.54) is 27.4 Å². The zero-order chi connectivity index (χ0) is 21.9. The van der Waals surface area contributed by atoms with Crippen LogP contribution in [-0.2, 0) is 6.18 Å². The standard InChI is InChI=1S/C21H24ClF3N2O3/c1-28-17-7-5-14(19(29-2)20(17)30-3)18(27-10-8-26-9-11-27)15-12-13(21(23,24)25)4-6-16(15)22/h4-7,12,18,26H,8-11H2,1-3H3. The number of hydrogen-bond donors (Lipinski definition) is 1. The van der Waals surface area contributed by atoms with E-state index in [9.17, 15) is 13.2 Å². The van der Waals surface area contributed by atoms with E-state index >= 15 is 0 Å². The Balaban J connectivity index is 2.24. The molecule has 1 fully saturated rings. The van der Waals surface area contributed by atoms with E-state index in [1.807, 2.05) is 0 Å². The molecule has 1 aliphatic heterocycles. The van der Waals surface area contributed by atoms with Crippen molar-refractivity contribution in [1.82, 2.24) is 10.2 Å². The molecule has 0 radical (unpaired) electrons. The van der Waals surface area contributed by atoms with Gasteiger partial charge >= 0.3 is 6.18 Å². The van der Waals surface area contributed by atoms with E-state index < -0.39 is 17.8 Å². The lowest BCUT2D eigenvalue weighted by molar-refractivity contribution is -0.137. The quantitative estimate of drug-likeness (QED) is 0.716. The van der Waals surface area contributed by atoms with Crippen LogP contribution in [0.1, 0.15) is 22.7 Å². The van der Waals surface area contributed by atoms with Crippen molar-refractivity contribution >= 4 is 11.6 Å². The second-order valence-electron chi connectivity index (χ2n) is 6.85. The summed E-state index contributed by atoms with van der Waals surface area (Å²) in [5, 5.41) is 3.51. The number of halogens is 4. The smallest absolute Gasteiger partial charge is 0.416 e. The fourth-order valence-electron chi connectivity index (χ4n) is 3.77. The molecule has 2 aromatic carbocycles. The lowest BCUT2D eigenvalue weighted by Gasteiger charge is -2.37. The van der Waals surface area contributed by atoms with Gasteiger partial charge < -0.3 is 19.5 Å². The van der Waals surface area contributed by atoms with Gasteiger partial charge in [0.1, 0.15) is 0 Å². The Bertz CT molecular complexity index is 887. The summed E-state index contributed by atoms with van der Waals surface area (Å²) in [7, 11) is 4.49. The summed E-state index contributed by atoms with van der Waals surface area (Å²) in [6.45, 7) is 2.69. The first-order valence-electron chi connectivity index (χ1n) is 9.42. The van der Waals surface area contributed by atoms with Crippen molar-refractivity contribution in [3.63, 3.8) is 0 Å². The Morgan fingerprint density at radius 1 is 0.933 bits per heavy atom. The third-order valence-electron chi connectivity index (χ3n) is 5.16. The summed E-state index contributed by atoms with van der Waals surface area (Å²) < 4.78 is 56.8. The number of nitrogens with one attached hydrogen (secondary N) is 1.